The summed E-state index contributed by atoms with van der Waals surface area (Å²) in [7, 11) is -3.49. The van der Waals surface area contributed by atoms with E-state index in [0.717, 1.165) is 16.0 Å². The molecular formula is C21H27N4O3S2+. The lowest BCUT2D eigenvalue weighted by molar-refractivity contribution is -0.895. The summed E-state index contributed by atoms with van der Waals surface area (Å²) in [4.78, 5) is 14.7. The van der Waals surface area contributed by atoms with E-state index in [9.17, 15) is 13.2 Å². The first-order valence-electron chi connectivity index (χ1n) is 9.75. The molecule has 30 heavy (non-hydrogen) atoms. The maximum atomic E-state index is 12.8. The fourth-order valence-electron chi connectivity index (χ4n) is 3.21. The standard InChI is InChI=1S/C21H26N4O3S2/c1-17-3-9-20(10-4-17)30(27,28)25-13-11-24(12-14-25)16-21(26)23-22-15-18-5-7-19(29-2)8-6-18/h3-10,15H,11-14,16H2,1-2H3,(H,23,26)/p+1. The van der Waals surface area contributed by atoms with Gasteiger partial charge in [-0.25, -0.2) is 13.8 Å². The normalized spacial score (nSPS) is 16.1. The summed E-state index contributed by atoms with van der Waals surface area (Å²) in [6, 6.07) is 14.8. The van der Waals surface area contributed by atoms with Crippen molar-refractivity contribution in [3.63, 3.8) is 0 Å². The van der Waals surface area contributed by atoms with Crippen molar-refractivity contribution in [3.05, 3.63) is 59.7 Å². The number of piperazine rings is 1. The van der Waals surface area contributed by atoms with Crippen molar-refractivity contribution < 1.29 is 18.1 Å². The number of aryl methyl sites for hydroxylation is 1. The van der Waals surface area contributed by atoms with Gasteiger partial charge in [0.2, 0.25) is 10.0 Å². The van der Waals surface area contributed by atoms with E-state index < -0.39 is 10.0 Å². The topological polar surface area (TPSA) is 83.3 Å². The Bertz CT molecular complexity index is 982. The molecule has 9 heteroatoms. The smallest absolute Gasteiger partial charge is 0.295 e. The van der Waals surface area contributed by atoms with Crippen LogP contribution in [-0.2, 0) is 14.8 Å². The van der Waals surface area contributed by atoms with Crippen LogP contribution in [0.3, 0.4) is 0 Å². The molecule has 3 rings (SSSR count). The Kier molecular flexibility index (Phi) is 7.65. The summed E-state index contributed by atoms with van der Waals surface area (Å²) in [5.74, 6) is -0.183. The second kappa shape index (κ2) is 10.2. The van der Waals surface area contributed by atoms with Crippen LogP contribution in [0.1, 0.15) is 11.1 Å². The molecule has 1 fully saturated rings. The first-order valence-corrected chi connectivity index (χ1v) is 12.4. The number of nitrogens with one attached hydrogen (secondary N) is 2. The quantitative estimate of drug-likeness (QED) is 0.373. The lowest BCUT2D eigenvalue weighted by Crippen LogP contribution is -3.15. The largest absolute Gasteiger partial charge is 0.325 e. The Morgan fingerprint density at radius 2 is 1.77 bits per heavy atom. The third-order valence-corrected chi connectivity index (χ3v) is 7.67. The highest BCUT2D eigenvalue weighted by atomic mass is 32.2. The number of hydrogen-bond donors (Lipinski definition) is 2. The molecule has 0 saturated carbocycles. The minimum atomic E-state index is -3.49. The first-order chi connectivity index (χ1) is 14.4. The number of benzene rings is 2. The Labute approximate surface area is 182 Å². The minimum Gasteiger partial charge on any atom is -0.325 e. The van der Waals surface area contributed by atoms with Crippen LogP contribution in [0.15, 0.2) is 63.4 Å². The maximum absolute atomic E-state index is 12.8. The Morgan fingerprint density at radius 3 is 2.37 bits per heavy atom. The van der Waals surface area contributed by atoms with Gasteiger partial charge in [0.05, 0.1) is 37.3 Å². The van der Waals surface area contributed by atoms with Crippen molar-refractivity contribution >= 4 is 33.9 Å². The molecule has 2 aromatic carbocycles. The predicted molar refractivity (Wildman–Crippen MR) is 119 cm³/mol. The van der Waals surface area contributed by atoms with Gasteiger partial charge in [0.1, 0.15) is 0 Å². The number of nitrogens with zero attached hydrogens (tertiary/aromatic N) is 2. The highest BCUT2D eigenvalue weighted by Crippen LogP contribution is 2.16. The van der Waals surface area contributed by atoms with Gasteiger partial charge < -0.3 is 4.90 Å². The molecule has 0 aliphatic carbocycles. The molecule has 1 heterocycles. The van der Waals surface area contributed by atoms with Gasteiger partial charge in [-0.1, -0.05) is 29.8 Å². The molecule has 0 atom stereocenters. The lowest BCUT2D eigenvalue weighted by Gasteiger charge is -2.31. The molecule has 7 nitrogen and oxygen atoms in total. The van der Waals surface area contributed by atoms with E-state index in [-0.39, 0.29) is 12.5 Å². The van der Waals surface area contributed by atoms with Crippen LogP contribution in [-0.4, -0.2) is 63.8 Å². The van der Waals surface area contributed by atoms with Crippen LogP contribution in [0, 0.1) is 6.92 Å². The van der Waals surface area contributed by atoms with Gasteiger partial charge in [-0.2, -0.15) is 9.41 Å². The Hall–Kier alpha value is -2.20. The van der Waals surface area contributed by atoms with Gasteiger partial charge in [-0.3, -0.25) is 4.79 Å². The fourth-order valence-corrected chi connectivity index (χ4v) is 5.06. The fraction of sp³-hybridized carbons (Fsp3) is 0.333. The molecule has 2 aromatic rings. The molecule has 0 unspecified atom stereocenters. The van der Waals surface area contributed by atoms with Crippen LogP contribution in [0.25, 0.3) is 0 Å². The number of hydrazone groups is 1. The van der Waals surface area contributed by atoms with Crippen LogP contribution in [0.4, 0.5) is 0 Å². The van der Waals surface area contributed by atoms with Crippen molar-refractivity contribution in [1.29, 1.82) is 0 Å². The summed E-state index contributed by atoms with van der Waals surface area (Å²) in [5, 5.41) is 4.01. The van der Waals surface area contributed by atoms with E-state index in [1.807, 2.05) is 37.4 Å². The molecule has 2 N–H and O–H groups in total. The summed E-state index contributed by atoms with van der Waals surface area (Å²) >= 11 is 1.67. The van der Waals surface area contributed by atoms with Gasteiger partial charge >= 0.3 is 0 Å². The molecule has 0 radical (unpaired) electrons. The van der Waals surface area contributed by atoms with Gasteiger partial charge in [0, 0.05) is 4.90 Å². The summed E-state index contributed by atoms with van der Waals surface area (Å²) < 4.78 is 27.0. The molecule has 0 aromatic heterocycles. The average molecular weight is 448 g/mol. The molecule has 1 aliphatic heterocycles. The number of carbonyl (C=O) groups excluding carboxylic acids is 1. The van der Waals surface area contributed by atoms with Gasteiger partial charge in [0.15, 0.2) is 6.54 Å². The molecule has 1 saturated heterocycles. The maximum Gasteiger partial charge on any atom is 0.295 e. The second-order valence-corrected chi connectivity index (χ2v) is 10.0. The van der Waals surface area contributed by atoms with E-state index in [1.54, 1.807) is 42.2 Å². The van der Waals surface area contributed by atoms with E-state index in [1.165, 1.54) is 9.20 Å². The van der Waals surface area contributed by atoms with Crippen LogP contribution in [0.2, 0.25) is 0 Å². The van der Waals surface area contributed by atoms with Gasteiger partial charge in [-0.05, 0) is 43.0 Å². The lowest BCUT2D eigenvalue weighted by atomic mass is 10.2. The molecule has 1 aliphatic rings. The SMILES string of the molecule is CSc1ccc(C=NNC(=O)C[NH+]2CCN(S(=O)(=O)c3ccc(C)cc3)CC2)cc1. The van der Waals surface area contributed by atoms with Crippen molar-refractivity contribution in [2.45, 2.75) is 16.7 Å². The number of sulfonamides is 1. The Morgan fingerprint density at radius 1 is 1.13 bits per heavy atom. The number of hydrogen-bond acceptors (Lipinski definition) is 5. The van der Waals surface area contributed by atoms with Crippen LogP contribution >= 0.6 is 11.8 Å². The molecule has 160 valence electrons. The predicted octanol–water partition coefficient (Wildman–Crippen LogP) is 0.756. The summed E-state index contributed by atoms with van der Waals surface area (Å²) in [5.41, 5.74) is 4.49. The van der Waals surface area contributed by atoms with Gasteiger partial charge in [0.25, 0.3) is 5.91 Å². The molecule has 0 bridgehead atoms. The molecule has 1 amide bonds. The third kappa shape index (κ3) is 5.91. The number of amides is 1. The third-order valence-electron chi connectivity index (χ3n) is 5.02. The van der Waals surface area contributed by atoms with Crippen LogP contribution in [0.5, 0.6) is 0 Å². The second-order valence-electron chi connectivity index (χ2n) is 7.21. The van der Waals surface area contributed by atoms with Crippen molar-refractivity contribution in [2.24, 2.45) is 5.10 Å². The average Bonchev–Trinajstić information content (AvgIpc) is 2.75. The first kappa shape index (κ1) is 22.5. The summed E-state index contributed by atoms with van der Waals surface area (Å²) in [6.07, 6.45) is 3.63. The number of quaternary nitrogens is 1. The summed E-state index contributed by atoms with van der Waals surface area (Å²) in [6.45, 7) is 4.14. The molecule has 0 spiro atoms. The number of thioether (sulfide) groups is 1. The highest BCUT2D eigenvalue weighted by molar-refractivity contribution is 7.98. The number of rotatable bonds is 7. The number of carbonyl (C=O) groups is 1. The zero-order valence-electron chi connectivity index (χ0n) is 17.2. The van der Waals surface area contributed by atoms with Gasteiger partial charge in [-0.15, -0.1) is 11.8 Å². The van der Waals surface area contributed by atoms with E-state index in [0.29, 0.717) is 31.1 Å². The zero-order valence-corrected chi connectivity index (χ0v) is 18.8. The van der Waals surface area contributed by atoms with Crippen molar-refractivity contribution in [2.75, 3.05) is 39.0 Å². The van der Waals surface area contributed by atoms with Crippen LogP contribution < -0.4 is 10.3 Å². The monoisotopic (exact) mass is 447 g/mol. The van der Waals surface area contributed by atoms with Crippen molar-refractivity contribution in [3.8, 4) is 0 Å². The molecular weight excluding hydrogens is 420 g/mol. The van der Waals surface area contributed by atoms with E-state index in [4.69, 9.17) is 0 Å². The Balaban J connectivity index is 1.46. The zero-order chi connectivity index (χ0) is 21.6. The van der Waals surface area contributed by atoms with E-state index >= 15 is 0 Å². The van der Waals surface area contributed by atoms with E-state index in [2.05, 4.69) is 10.5 Å². The van der Waals surface area contributed by atoms with Crippen molar-refractivity contribution in [1.82, 2.24) is 9.73 Å². The highest BCUT2D eigenvalue weighted by Gasteiger charge is 2.31. The minimum absolute atomic E-state index is 0.183.